The summed E-state index contributed by atoms with van der Waals surface area (Å²) < 4.78 is 16.1. The molecular weight excluding hydrogens is 1790 g/mol. The highest BCUT2D eigenvalue weighted by molar-refractivity contribution is 8.77. The van der Waals surface area contributed by atoms with Crippen molar-refractivity contribution >= 4 is 171 Å². The number of benzene rings is 6. The number of nitrogens with zero attached hydrogens (tertiary/aromatic N) is 6. The standard InChI is InChI=1S/C31H36N4O7S2.2C30H34N4O7S2/c1-19-12-13-26(29(39)32-19)35-16-24-23(30(35)40)10-7-11-25(24)33-31(41)42-18-21(3)44-43-20(2)14-27(36)34(17-28(37)38)15-22-8-5-4-6-9-22;1-19-11-12-25(28(38)31-19)34-16-23-22(29(34)39)9-6-10-24(23)32-30(40)41-18-20(2)43-42-14-13-26(35)33(17-27(36)37)15-21-7-4-3-5-8-21;1-19-11-12-25(28(38)31-19)34-17-23-22(29(34)39)9-6-10-24(23)32-30(40)41-13-14-42-43-20(2)15-26(35)33(18-27(36)37)16-21-7-4-3-5-8-21/h4-11,20-21,26H,1,12-18H2,2-3H3,(H,32,39)(H,33,41)(H,37,38);2*3-10,20,25H,1,11-18H2,2H3,(H,31,38)(H,32,40)(H,36,37). The second kappa shape index (κ2) is 49.2. The lowest BCUT2D eigenvalue weighted by Crippen LogP contribution is -2.49. The number of amides is 12. The first kappa shape index (κ1) is 100. The fourth-order valence-electron chi connectivity index (χ4n) is 14.6. The second-order valence-electron chi connectivity index (χ2n) is 31.3. The summed E-state index contributed by atoms with van der Waals surface area (Å²) in [6, 6.07) is 41.0. The van der Waals surface area contributed by atoms with E-state index in [9.17, 15) is 87.2 Å². The molecule has 0 spiro atoms. The topological polar surface area (TPSA) is 436 Å². The summed E-state index contributed by atoms with van der Waals surface area (Å²) in [5, 5.41) is 43.6. The molecule has 6 aliphatic heterocycles. The first-order valence-electron chi connectivity index (χ1n) is 41.8. The Morgan fingerprint density at radius 3 is 1.06 bits per heavy atom. The van der Waals surface area contributed by atoms with E-state index in [4.69, 9.17) is 14.2 Å². The Morgan fingerprint density at radius 2 is 0.715 bits per heavy atom. The summed E-state index contributed by atoms with van der Waals surface area (Å²) in [6.07, 6.45) is 1.78. The Kier molecular flexibility index (Phi) is 37.9. The zero-order valence-electron chi connectivity index (χ0n) is 72.1. The van der Waals surface area contributed by atoms with Gasteiger partial charge in [0.15, 0.2) is 0 Å². The molecule has 3 saturated heterocycles. The van der Waals surface area contributed by atoms with Gasteiger partial charge in [0.1, 0.15) is 57.6 Å². The highest BCUT2D eigenvalue weighted by Gasteiger charge is 2.43. The molecule has 6 heterocycles. The lowest BCUT2D eigenvalue weighted by atomic mass is 10.0. The van der Waals surface area contributed by atoms with Crippen LogP contribution in [-0.2, 0) is 96.6 Å². The van der Waals surface area contributed by atoms with Gasteiger partial charge in [0.05, 0.1) is 0 Å². The molecule has 0 bridgehead atoms. The van der Waals surface area contributed by atoms with E-state index < -0.39 is 54.3 Å². The van der Waals surface area contributed by atoms with Gasteiger partial charge in [0.2, 0.25) is 35.4 Å². The van der Waals surface area contributed by atoms with Gasteiger partial charge >= 0.3 is 36.2 Å². The van der Waals surface area contributed by atoms with Gasteiger partial charge < -0.3 is 74.9 Å². The molecule has 12 amide bonds. The van der Waals surface area contributed by atoms with E-state index >= 15 is 0 Å². The number of carbonyl (C=O) groups excluding carboxylic acids is 12. The van der Waals surface area contributed by atoms with Gasteiger partial charge in [-0.25, -0.2) is 14.4 Å². The van der Waals surface area contributed by atoms with E-state index in [1.807, 2.05) is 119 Å². The number of fused-ring (bicyclic) bond motifs is 3. The van der Waals surface area contributed by atoms with Crippen LogP contribution < -0.4 is 31.9 Å². The molecule has 0 saturated carbocycles. The van der Waals surface area contributed by atoms with Crippen LogP contribution in [0.4, 0.5) is 31.4 Å². The summed E-state index contributed by atoms with van der Waals surface area (Å²) in [7, 11) is 8.76. The third kappa shape index (κ3) is 29.8. The summed E-state index contributed by atoms with van der Waals surface area (Å²) in [5.74, 6) is -4.55. The van der Waals surface area contributed by atoms with Crippen molar-refractivity contribution in [1.29, 1.82) is 0 Å². The largest absolute Gasteiger partial charge is 0.480 e. The predicted octanol–water partition coefficient (Wildman–Crippen LogP) is 13.2. The zero-order valence-corrected chi connectivity index (χ0v) is 77.0. The molecule has 6 aromatic carbocycles. The highest BCUT2D eigenvalue weighted by atomic mass is 33.1. The molecule has 9 N–H and O–H groups in total. The number of allylic oxidation sites excluding steroid dienone is 3. The molecule has 130 heavy (non-hydrogen) atoms. The molecule has 12 rings (SSSR count). The van der Waals surface area contributed by atoms with Gasteiger partial charge in [-0.1, -0.05) is 208 Å². The van der Waals surface area contributed by atoms with Gasteiger partial charge in [-0.15, -0.1) is 0 Å². The number of nitrogens with one attached hydrogen (secondary N) is 6. The molecule has 7 atom stereocenters. The normalized spacial score (nSPS) is 16.9. The van der Waals surface area contributed by atoms with Crippen molar-refractivity contribution in [3.8, 4) is 0 Å². The molecule has 0 radical (unpaired) electrons. The smallest absolute Gasteiger partial charge is 0.411 e. The Bertz CT molecular complexity index is 5200. The summed E-state index contributed by atoms with van der Waals surface area (Å²) >= 11 is 0. The van der Waals surface area contributed by atoms with E-state index in [2.05, 4.69) is 51.6 Å². The van der Waals surface area contributed by atoms with Crippen molar-refractivity contribution in [3.05, 3.63) is 232 Å². The quantitative estimate of drug-likeness (QED) is 0.00983. The SMILES string of the molecule is C=C1CCC(N2Cc3c(NC(=O)OCC(C)SSC(C)CC(=O)N(CC(=O)O)Cc4ccccc4)cccc3C2=O)C(=O)N1.C=C1CCC(N2Cc3c(NC(=O)OCC(C)SSCCC(=O)N(CC(=O)O)Cc4ccccc4)cccc3C2=O)C(=O)N1.C=C1CCC(N2Cc3c(NC(=O)OCCSSC(C)CC(=O)N(CC(=O)O)Cc4ccccc4)cccc3C2=O)C(=O)N1. The first-order chi connectivity index (χ1) is 62.2. The Hall–Kier alpha value is -11.9. The molecule has 39 heteroatoms. The van der Waals surface area contributed by atoms with Gasteiger partial charge in [0, 0.05) is 159 Å². The molecule has 6 aliphatic rings. The van der Waals surface area contributed by atoms with Crippen molar-refractivity contribution in [3.63, 3.8) is 0 Å². The van der Waals surface area contributed by atoms with Crippen LogP contribution in [0.2, 0.25) is 0 Å². The van der Waals surface area contributed by atoms with Crippen molar-refractivity contribution in [1.82, 2.24) is 45.3 Å². The molecule has 6 aromatic rings. The molecule has 7 unspecified atom stereocenters. The van der Waals surface area contributed by atoms with E-state index in [1.54, 1.807) is 54.6 Å². The monoisotopic (exact) mass is 1890 g/mol. The van der Waals surface area contributed by atoms with Crippen LogP contribution in [0.25, 0.3) is 0 Å². The van der Waals surface area contributed by atoms with Crippen molar-refractivity contribution in [2.24, 2.45) is 0 Å². The number of carboxylic acid groups (broad SMARTS) is 3. The second-order valence-corrected chi connectivity index (χ2v) is 40.3. The maximum atomic E-state index is 13.1. The fraction of sp³-hybridized carbons (Fsp3) is 0.374. The Morgan fingerprint density at radius 1 is 0.408 bits per heavy atom. The van der Waals surface area contributed by atoms with Crippen molar-refractivity contribution < 1.29 is 101 Å². The molecule has 3 fully saturated rings. The van der Waals surface area contributed by atoms with Gasteiger partial charge in [0.25, 0.3) is 17.7 Å². The number of piperidine rings is 3. The first-order valence-corrected chi connectivity index (χ1v) is 48.8. The third-order valence-electron chi connectivity index (χ3n) is 20.9. The fourth-order valence-corrected chi connectivity index (χ4v) is 21.0. The Balaban J connectivity index is 0.000000203. The number of carboxylic acids is 3. The summed E-state index contributed by atoms with van der Waals surface area (Å²) in [4.78, 5) is 195. The number of carbonyl (C=O) groups is 15. The maximum Gasteiger partial charge on any atom is 0.411 e. The van der Waals surface area contributed by atoms with Crippen LogP contribution in [0.1, 0.15) is 150 Å². The minimum Gasteiger partial charge on any atom is -0.480 e. The van der Waals surface area contributed by atoms with E-state index in [1.165, 1.54) is 94.2 Å². The Labute approximate surface area is 776 Å². The molecule has 33 nitrogen and oxygen atoms in total. The van der Waals surface area contributed by atoms with E-state index in [0.29, 0.717) is 118 Å². The number of rotatable bonds is 39. The predicted molar refractivity (Wildman–Crippen MR) is 500 cm³/mol. The van der Waals surface area contributed by atoms with Gasteiger partial charge in [-0.05, 0) is 105 Å². The number of aliphatic carboxylic acids is 3. The molecule has 0 aromatic heterocycles. The lowest BCUT2D eigenvalue weighted by molar-refractivity contribution is -0.145. The zero-order chi connectivity index (χ0) is 93.7. The van der Waals surface area contributed by atoms with Crippen LogP contribution in [0.3, 0.4) is 0 Å². The van der Waals surface area contributed by atoms with Gasteiger partial charge in [-0.3, -0.25) is 73.5 Å². The average Bonchev–Trinajstić information content (AvgIpc) is 1.63. The number of ether oxygens (including phenoxy) is 3. The minimum absolute atomic E-state index is 0.0802. The third-order valence-corrected chi connectivity index (χ3v) is 30.0. The molecule has 0 aliphatic carbocycles. The summed E-state index contributed by atoms with van der Waals surface area (Å²) in [6.45, 7) is 19.4. The molecular formula is C91H104N12O21S6. The van der Waals surface area contributed by atoms with Crippen molar-refractivity contribution in [2.45, 2.75) is 164 Å². The maximum absolute atomic E-state index is 13.1. The average molecular weight is 1890 g/mol. The van der Waals surface area contributed by atoms with Crippen LogP contribution >= 0.6 is 64.8 Å². The van der Waals surface area contributed by atoms with E-state index in [0.717, 1.165) is 16.7 Å². The molecule has 690 valence electrons. The van der Waals surface area contributed by atoms with Crippen LogP contribution in [0.5, 0.6) is 0 Å². The van der Waals surface area contributed by atoms with Gasteiger partial charge in [-0.2, -0.15) is 0 Å². The van der Waals surface area contributed by atoms with Crippen LogP contribution in [-0.4, -0.2) is 224 Å². The lowest BCUT2D eigenvalue weighted by Gasteiger charge is -2.31. The summed E-state index contributed by atoms with van der Waals surface area (Å²) in [5.41, 5.74) is 9.05. The van der Waals surface area contributed by atoms with Crippen molar-refractivity contribution in [2.75, 3.05) is 66.9 Å². The number of hydrogen-bond acceptors (Lipinski definition) is 24. The van der Waals surface area contributed by atoms with Crippen LogP contribution in [0.15, 0.2) is 182 Å². The highest BCUT2D eigenvalue weighted by Crippen LogP contribution is 2.39. The number of hydrogen-bond donors (Lipinski definition) is 9. The van der Waals surface area contributed by atoms with E-state index in [-0.39, 0.29) is 172 Å². The minimum atomic E-state index is -1.07. The number of anilines is 3. The van der Waals surface area contributed by atoms with Crippen LogP contribution in [0, 0.1) is 0 Å².